The van der Waals surface area contributed by atoms with Crippen LogP contribution in [-0.2, 0) is 5.11 Å². The van der Waals surface area contributed by atoms with E-state index in [1.165, 1.54) is 6.42 Å². The van der Waals surface area contributed by atoms with Gasteiger partial charge in [0.2, 0.25) is 0 Å². The van der Waals surface area contributed by atoms with Gasteiger partial charge in [-0.3, -0.25) is 0 Å². The van der Waals surface area contributed by atoms with E-state index in [1.807, 2.05) is 0 Å². The van der Waals surface area contributed by atoms with Crippen molar-refractivity contribution in [3.05, 3.63) is 0 Å². The van der Waals surface area contributed by atoms with Crippen LogP contribution >= 0.6 is 0 Å². The molecule has 3 rings (SSSR count). The molecule has 0 aromatic rings. The summed E-state index contributed by atoms with van der Waals surface area (Å²) in [5, 5.41) is 12.1. The van der Waals surface area contributed by atoms with Gasteiger partial charge in [-0.05, 0) is 36.5 Å². The molecule has 63 valence electrons. The lowest BCUT2D eigenvalue weighted by atomic mass is 9.47. The van der Waals surface area contributed by atoms with Crippen molar-refractivity contribution in [1.82, 2.24) is 0 Å². The summed E-state index contributed by atoms with van der Waals surface area (Å²) in [6.07, 6.45) is 3.19. The van der Waals surface area contributed by atoms with Crippen molar-refractivity contribution in [2.45, 2.75) is 45.6 Å². The second kappa shape index (κ2) is 1.82. The molecule has 0 aromatic heterocycles. The molecular weight excluding hydrogens is 136 g/mol. The van der Waals surface area contributed by atoms with Gasteiger partial charge in [-0.1, -0.05) is 20.8 Å². The molecule has 0 amide bonds. The summed E-state index contributed by atoms with van der Waals surface area (Å²) in [5.41, 5.74) is -0.517. The van der Waals surface area contributed by atoms with Crippen molar-refractivity contribution in [3.63, 3.8) is 0 Å². The van der Waals surface area contributed by atoms with Crippen LogP contribution in [0.15, 0.2) is 0 Å². The van der Waals surface area contributed by atoms with Gasteiger partial charge in [0.15, 0.2) is 0 Å². The van der Waals surface area contributed by atoms with Crippen molar-refractivity contribution < 1.29 is 5.11 Å². The second-order valence-electron chi connectivity index (χ2n) is 5.13. The minimum Gasteiger partial charge on any atom is -0.229 e. The monoisotopic (exact) mass is 153 g/mol. The molecule has 1 atom stereocenters. The van der Waals surface area contributed by atoms with E-state index in [4.69, 9.17) is 0 Å². The van der Waals surface area contributed by atoms with Crippen LogP contribution in [0.25, 0.3) is 0 Å². The van der Waals surface area contributed by atoms with E-state index in [1.54, 1.807) is 0 Å². The predicted octanol–water partition coefficient (Wildman–Crippen LogP) is 2.63. The van der Waals surface area contributed by atoms with Gasteiger partial charge in [-0.25, -0.2) is 5.11 Å². The molecule has 1 heteroatoms. The fourth-order valence-corrected chi connectivity index (χ4v) is 2.81. The quantitative estimate of drug-likeness (QED) is 0.510. The van der Waals surface area contributed by atoms with Gasteiger partial charge >= 0.3 is 0 Å². The molecule has 0 N–H and O–H groups in total. The Kier molecular flexibility index (Phi) is 1.26. The highest BCUT2D eigenvalue weighted by Crippen LogP contribution is 2.61. The first-order valence-corrected chi connectivity index (χ1v) is 4.66. The summed E-state index contributed by atoms with van der Waals surface area (Å²) >= 11 is 0. The molecule has 3 fully saturated rings. The number of rotatable bonds is 0. The Morgan fingerprint density at radius 3 is 2.18 bits per heavy atom. The van der Waals surface area contributed by atoms with Crippen LogP contribution in [-0.4, -0.2) is 5.60 Å². The molecule has 1 nitrogen and oxygen atoms in total. The molecule has 0 aliphatic heterocycles. The van der Waals surface area contributed by atoms with Crippen LogP contribution in [0.5, 0.6) is 0 Å². The lowest BCUT2D eigenvalue weighted by Crippen LogP contribution is -2.61. The SMILES string of the molecule is CC1CC2CC([O])(C2)C1(C)C. The Morgan fingerprint density at radius 2 is 1.82 bits per heavy atom. The van der Waals surface area contributed by atoms with Gasteiger partial charge in [0, 0.05) is 0 Å². The molecule has 11 heavy (non-hydrogen) atoms. The normalized spacial score (nSPS) is 53.5. The van der Waals surface area contributed by atoms with E-state index >= 15 is 0 Å². The molecule has 3 aliphatic carbocycles. The zero-order valence-corrected chi connectivity index (χ0v) is 7.68. The van der Waals surface area contributed by atoms with Crippen LogP contribution in [0.4, 0.5) is 0 Å². The number of hydrogen-bond acceptors (Lipinski definition) is 0. The summed E-state index contributed by atoms with van der Waals surface area (Å²) in [5.74, 6) is 1.41. The van der Waals surface area contributed by atoms with Crippen molar-refractivity contribution >= 4 is 0 Å². The molecule has 0 saturated heterocycles. The third kappa shape index (κ3) is 0.752. The Morgan fingerprint density at radius 1 is 1.27 bits per heavy atom. The Bertz CT molecular complexity index is 175. The van der Waals surface area contributed by atoms with Crippen LogP contribution in [0.3, 0.4) is 0 Å². The smallest absolute Gasteiger partial charge is 0.109 e. The maximum Gasteiger partial charge on any atom is 0.109 e. The van der Waals surface area contributed by atoms with Crippen LogP contribution in [0, 0.1) is 17.3 Å². The van der Waals surface area contributed by atoms with Gasteiger partial charge in [-0.15, -0.1) is 0 Å². The summed E-state index contributed by atoms with van der Waals surface area (Å²) in [6.45, 7) is 6.54. The fourth-order valence-electron chi connectivity index (χ4n) is 2.81. The van der Waals surface area contributed by atoms with E-state index in [-0.39, 0.29) is 5.41 Å². The first kappa shape index (κ1) is 7.60. The third-order valence-electron chi connectivity index (χ3n) is 4.33. The number of hydrogen-bond donors (Lipinski definition) is 0. The minimum absolute atomic E-state index is 0.0434. The van der Waals surface area contributed by atoms with Crippen molar-refractivity contribution in [2.24, 2.45) is 17.3 Å². The average molecular weight is 153 g/mol. The fraction of sp³-hybridized carbons (Fsp3) is 1.00. The molecule has 0 spiro atoms. The highest BCUT2D eigenvalue weighted by molar-refractivity contribution is 5.09. The van der Waals surface area contributed by atoms with E-state index < -0.39 is 5.60 Å². The summed E-state index contributed by atoms with van der Waals surface area (Å²) < 4.78 is 0. The van der Waals surface area contributed by atoms with Crippen LogP contribution in [0.1, 0.15) is 40.0 Å². The number of fused-ring (bicyclic) bond motifs is 2. The van der Waals surface area contributed by atoms with E-state index in [0.29, 0.717) is 5.92 Å². The third-order valence-corrected chi connectivity index (χ3v) is 4.33. The first-order chi connectivity index (χ1) is 4.96. The molecule has 3 saturated carbocycles. The minimum atomic E-state index is -0.560. The summed E-state index contributed by atoms with van der Waals surface area (Å²) in [7, 11) is 0. The molecule has 0 aromatic carbocycles. The lowest BCUT2D eigenvalue weighted by molar-refractivity contribution is -0.247. The average Bonchev–Trinajstić information content (AvgIpc) is 1.79. The largest absolute Gasteiger partial charge is 0.229 e. The molecule has 3 aliphatic rings. The molecular formula is C10H17O. The Balaban J connectivity index is 2.26. The molecule has 1 unspecified atom stereocenters. The molecule has 2 bridgehead atoms. The Labute approximate surface area is 68.8 Å². The zero-order valence-electron chi connectivity index (χ0n) is 7.68. The highest BCUT2D eigenvalue weighted by atomic mass is 16.3. The maximum absolute atomic E-state index is 12.1. The van der Waals surface area contributed by atoms with E-state index in [0.717, 1.165) is 18.8 Å². The first-order valence-electron chi connectivity index (χ1n) is 4.66. The van der Waals surface area contributed by atoms with Crippen LogP contribution in [0.2, 0.25) is 0 Å². The predicted molar refractivity (Wildman–Crippen MR) is 43.7 cm³/mol. The van der Waals surface area contributed by atoms with Crippen molar-refractivity contribution in [3.8, 4) is 0 Å². The second-order valence-corrected chi connectivity index (χ2v) is 5.13. The van der Waals surface area contributed by atoms with Gasteiger partial charge < -0.3 is 0 Å². The molecule has 0 heterocycles. The zero-order chi connectivity index (χ0) is 8.28. The maximum atomic E-state index is 12.1. The highest BCUT2D eigenvalue weighted by Gasteiger charge is 2.60. The topological polar surface area (TPSA) is 19.9 Å². The standard InChI is InChI=1S/C10H17O/c1-7-4-8-5-10(11,6-8)9(7,2)3/h7-8H,4-6H2,1-3H3. The van der Waals surface area contributed by atoms with Crippen molar-refractivity contribution in [1.29, 1.82) is 0 Å². The van der Waals surface area contributed by atoms with E-state index in [2.05, 4.69) is 20.8 Å². The van der Waals surface area contributed by atoms with Crippen molar-refractivity contribution in [2.75, 3.05) is 0 Å². The van der Waals surface area contributed by atoms with Gasteiger partial charge in [0.05, 0.1) is 0 Å². The Hall–Kier alpha value is -0.0400. The summed E-state index contributed by atoms with van der Waals surface area (Å²) in [6, 6.07) is 0. The molecule has 1 radical (unpaired) electrons. The lowest BCUT2D eigenvalue weighted by Gasteiger charge is -2.60. The van der Waals surface area contributed by atoms with Gasteiger partial charge in [-0.2, -0.15) is 0 Å². The van der Waals surface area contributed by atoms with E-state index in [9.17, 15) is 5.11 Å². The van der Waals surface area contributed by atoms with Gasteiger partial charge in [0.25, 0.3) is 0 Å². The van der Waals surface area contributed by atoms with Gasteiger partial charge in [0.1, 0.15) is 5.60 Å². The van der Waals surface area contributed by atoms with Crippen LogP contribution < -0.4 is 0 Å². The summed E-state index contributed by atoms with van der Waals surface area (Å²) in [4.78, 5) is 0.